The Labute approximate surface area is 148 Å². The molecule has 0 spiro atoms. The zero-order valence-corrected chi connectivity index (χ0v) is 13.8. The molecule has 126 valence electrons. The second-order valence-corrected chi connectivity index (χ2v) is 6.27. The average molecular weight is 354 g/mol. The molecule has 1 saturated heterocycles. The molecule has 2 aromatic rings. The molecule has 3 rings (SSSR count). The van der Waals surface area contributed by atoms with Crippen molar-refractivity contribution in [1.82, 2.24) is 4.90 Å². The third-order valence-electron chi connectivity index (χ3n) is 3.42. The van der Waals surface area contributed by atoms with E-state index in [0.717, 1.165) is 22.2 Å². The first-order chi connectivity index (χ1) is 12.0. The van der Waals surface area contributed by atoms with Gasteiger partial charge in [0.2, 0.25) is 5.91 Å². The van der Waals surface area contributed by atoms with Crippen LogP contribution in [0, 0.1) is 0 Å². The van der Waals surface area contributed by atoms with Crippen LogP contribution in [0.15, 0.2) is 59.5 Å². The van der Waals surface area contributed by atoms with Crippen molar-refractivity contribution in [3.05, 3.63) is 65.1 Å². The molecule has 1 aliphatic heterocycles. The molecule has 2 aromatic carbocycles. The van der Waals surface area contributed by atoms with Crippen LogP contribution >= 0.6 is 11.8 Å². The predicted octanol–water partition coefficient (Wildman–Crippen LogP) is 3.07. The molecule has 0 saturated carbocycles. The number of nitrogens with one attached hydrogen (secondary N) is 1. The van der Waals surface area contributed by atoms with Crippen molar-refractivity contribution in [1.29, 1.82) is 0 Å². The maximum Gasteiger partial charge on any atom is 0.294 e. The summed E-state index contributed by atoms with van der Waals surface area (Å²) in [4.78, 5) is 37.6. The van der Waals surface area contributed by atoms with Crippen molar-refractivity contribution in [2.24, 2.45) is 0 Å². The monoisotopic (exact) mass is 354 g/mol. The topological polar surface area (TPSA) is 86.7 Å². The van der Waals surface area contributed by atoms with Crippen LogP contribution in [-0.2, 0) is 9.59 Å². The van der Waals surface area contributed by atoms with Crippen LogP contribution < -0.4 is 5.32 Å². The number of hydrogen-bond donors (Lipinski definition) is 2. The van der Waals surface area contributed by atoms with Gasteiger partial charge in [0.05, 0.1) is 4.91 Å². The standard InChI is InChI=1S/C18H14N2O4S/c21-14-8-6-13(7-9-14)19-16(22)11-20-17(23)15(25-18(20)24)10-12-4-2-1-3-5-12/h1-10,21H,11H2,(H,19,22). The van der Waals surface area contributed by atoms with E-state index in [-0.39, 0.29) is 17.2 Å². The van der Waals surface area contributed by atoms with E-state index in [1.54, 1.807) is 6.08 Å². The second-order valence-electron chi connectivity index (χ2n) is 5.27. The lowest BCUT2D eigenvalue weighted by atomic mass is 10.2. The van der Waals surface area contributed by atoms with Crippen molar-refractivity contribution >= 4 is 40.6 Å². The van der Waals surface area contributed by atoms with Crippen molar-refractivity contribution in [3.8, 4) is 5.75 Å². The van der Waals surface area contributed by atoms with E-state index in [2.05, 4.69) is 5.32 Å². The Kier molecular flexibility index (Phi) is 4.85. The minimum atomic E-state index is -0.492. The number of phenolic OH excluding ortho intramolecular Hbond substituents is 1. The molecule has 1 heterocycles. The fraction of sp³-hybridized carbons (Fsp3) is 0.0556. The van der Waals surface area contributed by atoms with Gasteiger partial charge in [-0.3, -0.25) is 19.3 Å². The van der Waals surface area contributed by atoms with Crippen molar-refractivity contribution in [2.45, 2.75) is 0 Å². The number of anilines is 1. The maximum atomic E-state index is 12.4. The summed E-state index contributed by atoms with van der Waals surface area (Å²) >= 11 is 0.812. The smallest absolute Gasteiger partial charge is 0.294 e. The summed E-state index contributed by atoms with van der Waals surface area (Å²) in [5.41, 5.74) is 1.27. The molecule has 7 heteroatoms. The van der Waals surface area contributed by atoms with E-state index >= 15 is 0 Å². The lowest BCUT2D eigenvalue weighted by molar-refractivity contribution is -0.127. The van der Waals surface area contributed by atoms with Crippen LogP contribution in [0.2, 0.25) is 0 Å². The normalized spacial score (nSPS) is 15.7. The number of imide groups is 1. The number of thioether (sulfide) groups is 1. The highest BCUT2D eigenvalue weighted by Gasteiger charge is 2.36. The number of benzene rings is 2. The molecule has 0 bridgehead atoms. The van der Waals surface area contributed by atoms with Gasteiger partial charge in [0.25, 0.3) is 11.1 Å². The van der Waals surface area contributed by atoms with Crippen LogP contribution in [0.5, 0.6) is 5.75 Å². The molecule has 0 unspecified atom stereocenters. The van der Waals surface area contributed by atoms with E-state index in [4.69, 9.17) is 0 Å². The van der Waals surface area contributed by atoms with E-state index in [0.29, 0.717) is 5.69 Å². The summed E-state index contributed by atoms with van der Waals surface area (Å²) in [7, 11) is 0. The largest absolute Gasteiger partial charge is 0.508 e. The number of nitrogens with zero attached hydrogens (tertiary/aromatic N) is 1. The fourth-order valence-corrected chi connectivity index (χ4v) is 3.06. The number of aromatic hydroxyl groups is 1. The lowest BCUT2D eigenvalue weighted by Crippen LogP contribution is -2.36. The van der Waals surface area contributed by atoms with Gasteiger partial charge < -0.3 is 10.4 Å². The minimum Gasteiger partial charge on any atom is -0.508 e. The van der Waals surface area contributed by atoms with E-state index in [1.807, 2.05) is 30.3 Å². The molecule has 1 aliphatic rings. The molecule has 1 fully saturated rings. The van der Waals surface area contributed by atoms with Gasteiger partial charge >= 0.3 is 0 Å². The van der Waals surface area contributed by atoms with Gasteiger partial charge in [-0.25, -0.2) is 0 Å². The van der Waals surface area contributed by atoms with Gasteiger partial charge in [0.15, 0.2) is 0 Å². The van der Waals surface area contributed by atoms with Gasteiger partial charge in [-0.2, -0.15) is 0 Å². The molecule has 3 amide bonds. The van der Waals surface area contributed by atoms with Gasteiger partial charge in [-0.15, -0.1) is 0 Å². The van der Waals surface area contributed by atoms with E-state index in [9.17, 15) is 19.5 Å². The first-order valence-electron chi connectivity index (χ1n) is 7.42. The Morgan fingerprint density at radius 2 is 1.76 bits per heavy atom. The van der Waals surface area contributed by atoms with Crippen molar-refractivity contribution in [3.63, 3.8) is 0 Å². The molecular formula is C18H14N2O4S. The molecule has 0 radical (unpaired) electrons. The highest BCUT2D eigenvalue weighted by Crippen LogP contribution is 2.32. The van der Waals surface area contributed by atoms with Crippen molar-refractivity contribution in [2.75, 3.05) is 11.9 Å². The minimum absolute atomic E-state index is 0.0787. The molecule has 6 nitrogen and oxygen atoms in total. The molecule has 0 aliphatic carbocycles. The fourth-order valence-electron chi connectivity index (χ4n) is 2.23. The number of phenols is 1. The van der Waals surface area contributed by atoms with Crippen LogP contribution in [0.4, 0.5) is 10.5 Å². The van der Waals surface area contributed by atoms with Crippen LogP contribution in [0.25, 0.3) is 6.08 Å². The van der Waals surface area contributed by atoms with Crippen LogP contribution in [-0.4, -0.2) is 33.6 Å². The number of carbonyl (C=O) groups excluding carboxylic acids is 3. The molecule has 25 heavy (non-hydrogen) atoms. The van der Waals surface area contributed by atoms with E-state index < -0.39 is 17.1 Å². The average Bonchev–Trinajstić information content (AvgIpc) is 2.85. The Morgan fingerprint density at radius 1 is 1.08 bits per heavy atom. The van der Waals surface area contributed by atoms with Crippen LogP contribution in [0.1, 0.15) is 5.56 Å². The summed E-state index contributed by atoms with van der Waals surface area (Å²) in [5.74, 6) is -0.899. The molecular weight excluding hydrogens is 340 g/mol. The zero-order chi connectivity index (χ0) is 17.8. The summed E-state index contributed by atoms with van der Waals surface area (Å²) in [6, 6.07) is 15.1. The number of amides is 3. The Bertz CT molecular complexity index is 847. The third kappa shape index (κ3) is 4.07. The summed E-state index contributed by atoms with van der Waals surface area (Å²) in [6.07, 6.45) is 1.63. The third-order valence-corrected chi connectivity index (χ3v) is 4.33. The number of rotatable bonds is 4. The zero-order valence-electron chi connectivity index (χ0n) is 13.0. The highest BCUT2D eigenvalue weighted by molar-refractivity contribution is 8.18. The van der Waals surface area contributed by atoms with Gasteiger partial charge in [0.1, 0.15) is 12.3 Å². The SMILES string of the molecule is O=C(CN1C(=O)SC(=Cc2ccccc2)C1=O)Nc1ccc(O)cc1. The maximum absolute atomic E-state index is 12.4. The first kappa shape index (κ1) is 16.8. The van der Waals surface area contributed by atoms with Gasteiger partial charge in [0, 0.05) is 5.69 Å². The summed E-state index contributed by atoms with van der Waals surface area (Å²) in [5, 5.41) is 11.3. The first-order valence-corrected chi connectivity index (χ1v) is 8.24. The Morgan fingerprint density at radius 3 is 2.44 bits per heavy atom. The van der Waals surface area contributed by atoms with Crippen molar-refractivity contribution < 1.29 is 19.5 Å². The van der Waals surface area contributed by atoms with Crippen LogP contribution in [0.3, 0.4) is 0 Å². The molecule has 2 N–H and O–H groups in total. The quantitative estimate of drug-likeness (QED) is 0.651. The second kappa shape index (κ2) is 7.23. The Balaban J connectivity index is 1.67. The lowest BCUT2D eigenvalue weighted by Gasteiger charge is -2.12. The number of hydrogen-bond acceptors (Lipinski definition) is 5. The highest BCUT2D eigenvalue weighted by atomic mass is 32.2. The predicted molar refractivity (Wildman–Crippen MR) is 95.9 cm³/mol. The molecule has 0 aromatic heterocycles. The summed E-state index contributed by atoms with van der Waals surface area (Å²) in [6.45, 7) is -0.363. The summed E-state index contributed by atoms with van der Waals surface area (Å²) < 4.78 is 0. The van der Waals surface area contributed by atoms with Gasteiger partial charge in [-0.05, 0) is 47.7 Å². The molecule has 0 atom stereocenters. The van der Waals surface area contributed by atoms with E-state index in [1.165, 1.54) is 24.3 Å². The van der Waals surface area contributed by atoms with Gasteiger partial charge in [-0.1, -0.05) is 30.3 Å². The number of carbonyl (C=O) groups is 3. The Hall–Kier alpha value is -3.06.